The van der Waals surface area contributed by atoms with Crippen LogP contribution in [0.2, 0.25) is 0 Å². The van der Waals surface area contributed by atoms with Crippen molar-refractivity contribution in [2.24, 2.45) is 0 Å². The van der Waals surface area contributed by atoms with E-state index in [4.69, 9.17) is 9.15 Å². The van der Waals surface area contributed by atoms with Crippen LogP contribution in [0.4, 0.5) is 10.8 Å². The summed E-state index contributed by atoms with van der Waals surface area (Å²) >= 11 is 0.929. The number of hydrogen-bond donors (Lipinski definition) is 0. The van der Waals surface area contributed by atoms with E-state index < -0.39 is 28.8 Å². The zero-order valence-electron chi connectivity index (χ0n) is 24.7. The smallest absolute Gasteiger partial charge is 0.350 e. The van der Waals surface area contributed by atoms with Crippen LogP contribution in [0.5, 0.6) is 0 Å². The number of aryl methyl sites for hydroxylation is 4. The Kier molecular flexibility index (Phi) is 6.12. The maximum absolute atomic E-state index is 15.1. The number of methoxy groups -OCH3 is 1. The Balaban J connectivity index is 1.56. The van der Waals surface area contributed by atoms with E-state index in [0.29, 0.717) is 16.9 Å². The van der Waals surface area contributed by atoms with Crippen molar-refractivity contribution in [2.45, 2.75) is 39.8 Å². The predicted octanol–water partition coefficient (Wildman–Crippen LogP) is 5.72. The van der Waals surface area contributed by atoms with Crippen molar-refractivity contribution >= 4 is 50.9 Å². The van der Waals surface area contributed by atoms with Crippen molar-refractivity contribution in [2.75, 3.05) is 16.9 Å². The molecule has 44 heavy (non-hydrogen) atoms. The van der Waals surface area contributed by atoms with Crippen LogP contribution in [0.1, 0.15) is 59.3 Å². The summed E-state index contributed by atoms with van der Waals surface area (Å²) in [6, 6.07) is 18.4. The third-order valence-electron chi connectivity index (χ3n) is 8.51. The van der Waals surface area contributed by atoms with E-state index in [1.807, 2.05) is 57.2 Å². The molecule has 0 saturated heterocycles. The fraction of sp³-hybridized carbons (Fsp3) is 0.206. The standard InChI is InChI=1S/C34H27N3O6S/c1-17-9-8-10-21(13-17)16-36-24-12-7-6-11-23(24)34(32(36)41)26-27(38)22-14-18(2)19(3)15-25(22)43-28(26)30(39)37(34)33-35-20(4)29(44-33)31(40)42-5/h6-15H,16H2,1-5H3. The van der Waals surface area contributed by atoms with Gasteiger partial charge in [0.05, 0.1) is 36.0 Å². The van der Waals surface area contributed by atoms with Gasteiger partial charge in [0, 0.05) is 5.56 Å². The first-order chi connectivity index (χ1) is 21.1. The van der Waals surface area contributed by atoms with Crippen molar-refractivity contribution in [3.8, 4) is 0 Å². The van der Waals surface area contributed by atoms with Gasteiger partial charge in [-0.05, 0) is 62.6 Å². The third kappa shape index (κ3) is 3.67. The topological polar surface area (TPSA) is 110 Å². The number of esters is 1. The second-order valence-electron chi connectivity index (χ2n) is 11.2. The summed E-state index contributed by atoms with van der Waals surface area (Å²) < 4.78 is 11.2. The predicted molar refractivity (Wildman–Crippen MR) is 167 cm³/mol. The van der Waals surface area contributed by atoms with Gasteiger partial charge in [0.1, 0.15) is 10.5 Å². The second kappa shape index (κ2) is 9.72. The lowest BCUT2D eigenvalue weighted by atomic mass is 9.84. The minimum Gasteiger partial charge on any atom is -0.465 e. The first kappa shape index (κ1) is 27.7. The van der Waals surface area contributed by atoms with Gasteiger partial charge in [0.15, 0.2) is 16.1 Å². The van der Waals surface area contributed by atoms with Crippen LogP contribution in [0, 0.1) is 27.7 Å². The van der Waals surface area contributed by atoms with E-state index in [9.17, 15) is 14.4 Å². The average molecular weight is 606 g/mol. The van der Waals surface area contributed by atoms with Gasteiger partial charge in [-0.1, -0.05) is 59.4 Å². The molecule has 0 saturated carbocycles. The summed E-state index contributed by atoms with van der Waals surface area (Å²) in [5.74, 6) is -2.02. The van der Waals surface area contributed by atoms with Crippen molar-refractivity contribution in [3.63, 3.8) is 0 Å². The molecule has 0 radical (unpaired) electrons. The molecule has 0 fully saturated rings. The Bertz CT molecular complexity index is 2150. The Morgan fingerprint density at radius 2 is 1.73 bits per heavy atom. The number of anilines is 2. The number of para-hydroxylation sites is 1. The Hall–Kier alpha value is -5.09. The van der Waals surface area contributed by atoms with Crippen LogP contribution in [0.3, 0.4) is 0 Å². The molecule has 1 spiro atoms. The van der Waals surface area contributed by atoms with Crippen molar-refractivity contribution in [1.82, 2.24) is 4.98 Å². The molecular formula is C34H27N3O6S. The Morgan fingerprint density at radius 3 is 2.48 bits per heavy atom. The molecule has 3 aromatic carbocycles. The molecule has 0 aliphatic carbocycles. The molecule has 1 atom stereocenters. The number of amides is 2. The average Bonchev–Trinajstić information content (AvgIpc) is 3.59. The zero-order valence-corrected chi connectivity index (χ0v) is 25.5. The monoisotopic (exact) mass is 605 g/mol. The largest absolute Gasteiger partial charge is 0.465 e. The van der Waals surface area contributed by atoms with E-state index in [-0.39, 0.29) is 38.8 Å². The fourth-order valence-corrected chi connectivity index (χ4v) is 7.36. The summed E-state index contributed by atoms with van der Waals surface area (Å²) in [4.78, 5) is 64.4. The molecule has 2 aliphatic heterocycles. The number of benzene rings is 3. The van der Waals surface area contributed by atoms with E-state index in [0.717, 1.165) is 33.6 Å². The van der Waals surface area contributed by atoms with Gasteiger partial charge in [-0.2, -0.15) is 0 Å². The number of fused-ring (bicyclic) bond motifs is 5. The molecular weight excluding hydrogens is 578 g/mol. The number of thiazole rings is 1. The number of hydrogen-bond acceptors (Lipinski definition) is 8. The molecule has 10 heteroatoms. The summed E-state index contributed by atoms with van der Waals surface area (Å²) in [6.07, 6.45) is 0. The summed E-state index contributed by atoms with van der Waals surface area (Å²) in [5.41, 5.74) is 2.83. The van der Waals surface area contributed by atoms with Gasteiger partial charge >= 0.3 is 5.97 Å². The highest BCUT2D eigenvalue weighted by Gasteiger charge is 2.66. The van der Waals surface area contributed by atoms with Crippen LogP contribution in [-0.2, 0) is 21.6 Å². The molecule has 4 heterocycles. The summed E-state index contributed by atoms with van der Waals surface area (Å²) in [6.45, 7) is 7.59. The summed E-state index contributed by atoms with van der Waals surface area (Å²) in [7, 11) is 1.26. The van der Waals surface area contributed by atoms with Gasteiger partial charge in [-0.25, -0.2) is 9.78 Å². The highest BCUT2D eigenvalue weighted by atomic mass is 32.1. The van der Waals surface area contributed by atoms with Crippen molar-refractivity contribution < 1.29 is 23.5 Å². The molecule has 1 unspecified atom stereocenters. The van der Waals surface area contributed by atoms with Crippen LogP contribution >= 0.6 is 11.3 Å². The molecule has 9 nitrogen and oxygen atoms in total. The van der Waals surface area contributed by atoms with Gasteiger partial charge in [-0.15, -0.1) is 0 Å². The van der Waals surface area contributed by atoms with Crippen molar-refractivity contribution in [1.29, 1.82) is 0 Å². The maximum atomic E-state index is 15.1. The number of ether oxygens (including phenoxy) is 1. The van der Waals surface area contributed by atoms with Crippen LogP contribution in [0.15, 0.2) is 69.9 Å². The molecule has 2 aromatic heterocycles. The highest BCUT2D eigenvalue weighted by molar-refractivity contribution is 7.17. The van der Waals surface area contributed by atoms with Gasteiger partial charge < -0.3 is 14.1 Å². The Morgan fingerprint density at radius 1 is 0.977 bits per heavy atom. The van der Waals surface area contributed by atoms with Gasteiger partial charge in [0.2, 0.25) is 5.76 Å². The first-order valence-corrected chi connectivity index (χ1v) is 14.9. The highest BCUT2D eigenvalue weighted by Crippen LogP contribution is 2.55. The van der Waals surface area contributed by atoms with E-state index in [1.165, 1.54) is 12.0 Å². The zero-order chi connectivity index (χ0) is 31.1. The molecule has 220 valence electrons. The first-order valence-electron chi connectivity index (χ1n) is 14.0. The number of carbonyl (C=O) groups is 3. The third-order valence-corrected chi connectivity index (χ3v) is 9.63. The number of nitrogens with zero attached hydrogens (tertiary/aromatic N) is 3. The number of carbonyl (C=O) groups excluding carboxylic acids is 3. The fourth-order valence-electron chi connectivity index (χ4n) is 6.33. The Labute approximate surface area is 256 Å². The maximum Gasteiger partial charge on any atom is 0.350 e. The molecule has 2 aliphatic rings. The lowest BCUT2D eigenvalue weighted by molar-refractivity contribution is -0.121. The van der Waals surface area contributed by atoms with E-state index >= 15 is 4.79 Å². The molecule has 7 rings (SSSR count). The van der Waals surface area contributed by atoms with Crippen LogP contribution in [0.25, 0.3) is 11.0 Å². The summed E-state index contributed by atoms with van der Waals surface area (Å²) in [5, 5.41) is 0.351. The number of aromatic nitrogens is 1. The quantitative estimate of drug-likeness (QED) is 0.241. The van der Waals surface area contributed by atoms with Crippen LogP contribution in [-0.4, -0.2) is 29.9 Å². The minimum atomic E-state index is -1.92. The molecule has 0 bridgehead atoms. The van der Waals surface area contributed by atoms with Gasteiger partial charge in [0.25, 0.3) is 11.8 Å². The lowest BCUT2D eigenvalue weighted by Gasteiger charge is -2.32. The lowest BCUT2D eigenvalue weighted by Crippen LogP contribution is -2.53. The van der Waals surface area contributed by atoms with E-state index in [1.54, 1.807) is 36.1 Å². The normalized spacial score (nSPS) is 17.1. The number of rotatable bonds is 4. The second-order valence-corrected chi connectivity index (χ2v) is 12.2. The van der Waals surface area contributed by atoms with Gasteiger partial charge in [-0.3, -0.25) is 19.3 Å². The molecule has 2 amide bonds. The minimum absolute atomic E-state index is 0.0603. The van der Waals surface area contributed by atoms with Crippen molar-refractivity contribution in [3.05, 3.63) is 121 Å². The van der Waals surface area contributed by atoms with Crippen LogP contribution < -0.4 is 15.2 Å². The SMILES string of the molecule is COC(=O)c1sc(N2C(=O)c3oc4cc(C)c(C)cc4c(=O)c3C23C(=O)N(Cc2cccc(C)c2)c2ccccc23)nc1C. The molecule has 5 aromatic rings. The van der Waals surface area contributed by atoms with E-state index in [2.05, 4.69) is 4.98 Å². The molecule has 0 N–H and O–H groups in total.